The standard InChI is InChI=1S/C30H34ClFN6O/c1-20(2)10-15-25-33-28(26-21(3)35-38(29(26)34-25)24-13-11-23(32)12-14-24)36-16-7-17-37(19-18-36)30(39)27(31)22-8-5-4-6-9-22/h4-6,8-9,11-14,20,27H,7,10,15-19H2,1-3H3. The molecule has 1 aliphatic heterocycles. The van der Waals surface area contributed by atoms with Gasteiger partial charge in [-0.15, -0.1) is 11.6 Å². The van der Waals surface area contributed by atoms with Gasteiger partial charge in [0.1, 0.15) is 22.8 Å². The summed E-state index contributed by atoms with van der Waals surface area (Å²) in [7, 11) is 0. The molecule has 1 unspecified atom stereocenters. The largest absolute Gasteiger partial charge is 0.354 e. The average molecular weight is 549 g/mol. The SMILES string of the molecule is Cc1nn(-c2ccc(F)cc2)c2nc(CCC(C)C)nc(N3CCCN(C(=O)C(Cl)c4ccccc4)CC3)c12. The van der Waals surface area contributed by atoms with Crippen molar-refractivity contribution in [1.29, 1.82) is 0 Å². The highest BCUT2D eigenvalue weighted by atomic mass is 35.5. The third-order valence-corrected chi connectivity index (χ3v) is 7.60. The lowest BCUT2D eigenvalue weighted by Crippen LogP contribution is -2.37. The molecule has 39 heavy (non-hydrogen) atoms. The summed E-state index contributed by atoms with van der Waals surface area (Å²) in [5.41, 5.74) is 3.07. The summed E-state index contributed by atoms with van der Waals surface area (Å²) in [6, 6.07) is 15.8. The topological polar surface area (TPSA) is 67.2 Å². The Bertz CT molecular complexity index is 1440. The van der Waals surface area contributed by atoms with Gasteiger partial charge in [-0.2, -0.15) is 5.10 Å². The van der Waals surface area contributed by atoms with Gasteiger partial charge >= 0.3 is 0 Å². The van der Waals surface area contributed by atoms with E-state index in [1.807, 2.05) is 42.2 Å². The summed E-state index contributed by atoms with van der Waals surface area (Å²) in [6.45, 7) is 8.88. The van der Waals surface area contributed by atoms with Crippen LogP contribution in [0, 0.1) is 18.7 Å². The molecule has 0 aliphatic carbocycles. The Morgan fingerprint density at radius 2 is 1.74 bits per heavy atom. The summed E-state index contributed by atoms with van der Waals surface area (Å²) in [6.07, 6.45) is 2.51. The maximum Gasteiger partial charge on any atom is 0.245 e. The van der Waals surface area contributed by atoms with Crippen molar-refractivity contribution in [3.8, 4) is 5.69 Å². The number of halogens is 2. The van der Waals surface area contributed by atoms with Crippen molar-refractivity contribution in [2.75, 3.05) is 31.1 Å². The third-order valence-electron chi connectivity index (χ3n) is 7.16. The van der Waals surface area contributed by atoms with Crippen molar-refractivity contribution in [2.24, 2.45) is 5.92 Å². The number of benzene rings is 2. The molecule has 2 aromatic carbocycles. The predicted octanol–water partition coefficient (Wildman–Crippen LogP) is 5.87. The van der Waals surface area contributed by atoms with Crippen molar-refractivity contribution < 1.29 is 9.18 Å². The first-order valence-electron chi connectivity index (χ1n) is 13.6. The Kier molecular flexibility index (Phi) is 8.12. The molecule has 0 N–H and O–H groups in total. The van der Waals surface area contributed by atoms with E-state index in [4.69, 9.17) is 26.7 Å². The Labute approximate surface area is 233 Å². The van der Waals surface area contributed by atoms with E-state index in [1.54, 1.807) is 16.8 Å². The number of nitrogens with zero attached hydrogens (tertiary/aromatic N) is 6. The molecule has 2 aromatic heterocycles. The van der Waals surface area contributed by atoms with E-state index in [1.165, 1.54) is 12.1 Å². The summed E-state index contributed by atoms with van der Waals surface area (Å²) < 4.78 is 15.4. The second-order valence-corrected chi connectivity index (χ2v) is 10.9. The van der Waals surface area contributed by atoms with Crippen molar-refractivity contribution >= 4 is 34.4 Å². The van der Waals surface area contributed by atoms with Crippen LogP contribution in [0.5, 0.6) is 0 Å². The molecular formula is C30H34ClFN6O. The van der Waals surface area contributed by atoms with Crippen LogP contribution < -0.4 is 4.90 Å². The van der Waals surface area contributed by atoms with Gasteiger partial charge < -0.3 is 9.80 Å². The molecule has 1 aliphatic rings. The molecule has 3 heterocycles. The molecule has 4 aromatic rings. The number of hydrogen-bond donors (Lipinski definition) is 0. The molecule has 7 nitrogen and oxygen atoms in total. The number of carbonyl (C=O) groups is 1. The average Bonchev–Trinajstić information content (AvgIpc) is 3.11. The number of amides is 1. The zero-order chi connectivity index (χ0) is 27.5. The molecule has 9 heteroatoms. The minimum atomic E-state index is -0.706. The van der Waals surface area contributed by atoms with E-state index >= 15 is 0 Å². The van der Waals surface area contributed by atoms with E-state index in [2.05, 4.69) is 18.7 Å². The lowest BCUT2D eigenvalue weighted by molar-refractivity contribution is -0.130. The molecule has 204 valence electrons. The van der Waals surface area contributed by atoms with Crippen molar-refractivity contribution in [2.45, 2.75) is 45.4 Å². The number of aryl methyl sites for hydroxylation is 2. The van der Waals surface area contributed by atoms with Crippen LogP contribution in [-0.2, 0) is 11.2 Å². The van der Waals surface area contributed by atoms with Gasteiger partial charge in [-0.05, 0) is 55.5 Å². The van der Waals surface area contributed by atoms with Crippen LogP contribution in [0.3, 0.4) is 0 Å². The summed E-state index contributed by atoms with van der Waals surface area (Å²) in [5.74, 6) is 1.74. The Hall–Kier alpha value is -3.52. The van der Waals surface area contributed by atoms with Gasteiger partial charge in [-0.3, -0.25) is 4.79 Å². The monoisotopic (exact) mass is 548 g/mol. The normalized spacial score (nSPS) is 15.1. The second kappa shape index (κ2) is 11.7. The molecular weight excluding hydrogens is 515 g/mol. The molecule has 0 saturated carbocycles. The van der Waals surface area contributed by atoms with Crippen molar-refractivity contribution in [1.82, 2.24) is 24.6 Å². The van der Waals surface area contributed by atoms with Crippen LogP contribution in [0.2, 0.25) is 0 Å². The van der Waals surface area contributed by atoms with Crippen LogP contribution in [-0.4, -0.2) is 56.7 Å². The fourth-order valence-electron chi connectivity index (χ4n) is 5.00. The van der Waals surface area contributed by atoms with E-state index < -0.39 is 5.38 Å². The maximum absolute atomic E-state index is 13.6. The number of rotatable bonds is 7. The Balaban J connectivity index is 1.47. The van der Waals surface area contributed by atoms with E-state index in [9.17, 15) is 9.18 Å². The first-order valence-corrected chi connectivity index (χ1v) is 14.0. The number of anilines is 1. The molecule has 1 amide bonds. The van der Waals surface area contributed by atoms with Gasteiger partial charge in [0.2, 0.25) is 5.91 Å². The highest BCUT2D eigenvalue weighted by Gasteiger charge is 2.28. The second-order valence-electron chi connectivity index (χ2n) is 10.5. The predicted molar refractivity (Wildman–Crippen MR) is 153 cm³/mol. The summed E-state index contributed by atoms with van der Waals surface area (Å²) >= 11 is 6.59. The molecule has 1 atom stereocenters. The van der Waals surface area contributed by atoms with Gasteiger partial charge in [0.05, 0.1) is 16.8 Å². The lowest BCUT2D eigenvalue weighted by atomic mass is 10.1. The molecule has 1 fully saturated rings. The summed E-state index contributed by atoms with van der Waals surface area (Å²) in [5, 5.41) is 4.96. The summed E-state index contributed by atoms with van der Waals surface area (Å²) in [4.78, 5) is 27.3. The minimum Gasteiger partial charge on any atom is -0.354 e. The van der Waals surface area contributed by atoms with Gasteiger partial charge in [-0.25, -0.2) is 19.0 Å². The number of fused-ring (bicyclic) bond motifs is 1. The smallest absolute Gasteiger partial charge is 0.245 e. The van der Waals surface area contributed by atoms with E-state index in [0.717, 1.165) is 59.8 Å². The van der Waals surface area contributed by atoms with Crippen molar-refractivity contribution in [3.05, 3.63) is 77.5 Å². The van der Waals surface area contributed by atoms with Crippen LogP contribution in [0.1, 0.15) is 49.1 Å². The number of alkyl halides is 1. The van der Waals surface area contributed by atoms with E-state index in [-0.39, 0.29) is 11.7 Å². The van der Waals surface area contributed by atoms with Crippen molar-refractivity contribution in [3.63, 3.8) is 0 Å². The highest BCUT2D eigenvalue weighted by molar-refractivity contribution is 6.30. The molecule has 0 radical (unpaired) electrons. The van der Waals surface area contributed by atoms with Crippen LogP contribution in [0.25, 0.3) is 16.7 Å². The van der Waals surface area contributed by atoms with Gasteiger partial charge in [-0.1, -0.05) is 44.2 Å². The Morgan fingerprint density at radius 3 is 2.46 bits per heavy atom. The molecule has 1 saturated heterocycles. The van der Waals surface area contributed by atoms with Gasteiger partial charge in [0.25, 0.3) is 0 Å². The molecule has 5 rings (SSSR count). The van der Waals surface area contributed by atoms with E-state index in [0.29, 0.717) is 31.2 Å². The van der Waals surface area contributed by atoms with Crippen LogP contribution in [0.4, 0.5) is 10.2 Å². The minimum absolute atomic E-state index is 0.0736. The highest BCUT2D eigenvalue weighted by Crippen LogP contribution is 2.31. The van der Waals surface area contributed by atoms with Gasteiger partial charge in [0.15, 0.2) is 5.65 Å². The zero-order valence-electron chi connectivity index (χ0n) is 22.6. The van der Waals surface area contributed by atoms with Gasteiger partial charge in [0, 0.05) is 32.6 Å². The first-order chi connectivity index (χ1) is 18.8. The lowest BCUT2D eigenvalue weighted by Gasteiger charge is -2.25. The first kappa shape index (κ1) is 27.1. The molecule has 0 bridgehead atoms. The fourth-order valence-corrected chi connectivity index (χ4v) is 5.28. The number of carbonyl (C=O) groups excluding carboxylic acids is 1. The Morgan fingerprint density at radius 1 is 1.00 bits per heavy atom. The number of aromatic nitrogens is 4. The fraction of sp³-hybridized carbons (Fsp3) is 0.400. The molecule has 0 spiro atoms. The van der Waals surface area contributed by atoms with Crippen LogP contribution >= 0.6 is 11.6 Å². The quantitative estimate of drug-likeness (QED) is 0.270. The zero-order valence-corrected chi connectivity index (χ0v) is 23.4. The maximum atomic E-state index is 13.6. The van der Waals surface area contributed by atoms with Crippen LogP contribution in [0.15, 0.2) is 54.6 Å². The number of hydrogen-bond acceptors (Lipinski definition) is 5. The third kappa shape index (κ3) is 5.91.